The van der Waals surface area contributed by atoms with Crippen LogP contribution in [0, 0.1) is 11.3 Å². The van der Waals surface area contributed by atoms with Crippen molar-refractivity contribution >= 4 is 27.7 Å². The smallest absolute Gasteiger partial charge is 0.0231 e. The second-order valence-corrected chi connectivity index (χ2v) is 9.01. The topological polar surface area (TPSA) is 3.24 Å². The van der Waals surface area contributed by atoms with Crippen molar-refractivity contribution in [2.45, 2.75) is 39.4 Å². The van der Waals surface area contributed by atoms with E-state index in [-0.39, 0.29) is 0 Å². The van der Waals surface area contributed by atoms with E-state index in [0.717, 1.165) is 11.2 Å². The first-order valence-electron chi connectivity index (χ1n) is 6.17. The van der Waals surface area contributed by atoms with Crippen LogP contribution in [0.4, 0.5) is 0 Å². The van der Waals surface area contributed by atoms with Crippen LogP contribution in [-0.4, -0.2) is 40.4 Å². The van der Waals surface area contributed by atoms with Gasteiger partial charge < -0.3 is 4.90 Å². The predicted molar refractivity (Wildman–Crippen MR) is 79.7 cm³/mol. The molecule has 0 aliphatic carbocycles. The van der Waals surface area contributed by atoms with Crippen LogP contribution in [0.25, 0.3) is 0 Å². The minimum Gasteiger partial charge on any atom is -0.301 e. The molecule has 1 heterocycles. The lowest BCUT2D eigenvalue weighted by molar-refractivity contribution is 0.160. The zero-order valence-electron chi connectivity index (χ0n) is 11.3. The Morgan fingerprint density at radius 1 is 1.38 bits per heavy atom. The fourth-order valence-electron chi connectivity index (χ4n) is 2.14. The van der Waals surface area contributed by atoms with Gasteiger partial charge in [0, 0.05) is 35.5 Å². The van der Waals surface area contributed by atoms with Crippen LogP contribution < -0.4 is 0 Å². The summed E-state index contributed by atoms with van der Waals surface area (Å²) in [5.41, 5.74) is 0.401. The number of thioether (sulfide) groups is 1. The quantitative estimate of drug-likeness (QED) is 0.728. The second-order valence-electron chi connectivity index (χ2n) is 6.56. The van der Waals surface area contributed by atoms with Crippen molar-refractivity contribution in [1.82, 2.24) is 4.90 Å². The Labute approximate surface area is 114 Å². The summed E-state index contributed by atoms with van der Waals surface area (Å²) >= 11 is 5.79. The molecule has 1 aliphatic rings. The molecule has 1 atom stereocenters. The molecule has 0 saturated carbocycles. The van der Waals surface area contributed by atoms with Crippen molar-refractivity contribution in [2.75, 3.05) is 30.7 Å². The number of halogens is 1. The Kier molecular flexibility index (Phi) is 5.22. The molecule has 1 unspecified atom stereocenters. The fourth-order valence-corrected chi connectivity index (χ4v) is 4.49. The third kappa shape index (κ3) is 4.58. The first kappa shape index (κ1) is 14.8. The van der Waals surface area contributed by atoms with Gasteiger partial charge in [-0.05, 0) is 25.2 Å². The molecule has 3 heteroatoms. The molecule has 1 aliphatic heterocycles. The van der Waals surface area contributed by atoms with Gasteiger partial charge in [0.25, 0.3) is 0 Å². The maximum Gasteiger partial charge on any atom is 0.0231 e. The summed E-state index contributed by atoms with van der Waals surface area (Å²) in [6.07, 6.45) is 0. The van der Waals surface area contributed by atoms with Crippen molar-refractivity contribution in [1.29, 1.82) is 0 Å². The first-order valence-corrected chi connectivity index (χ1v) is 8.27. The zero-order valence-corrected chi connectivity index (χ0v) is 13.7. The van der Waals surface area contributed by atoms with Crippen molar-refractivity contribution in [3.8, 4) is 0 Å². The van der Waals surface area contributed by atoms with Crippen molar-refractivity contribution in [2.24, 2.45) is 11.3 Å². The van der Waals surface area contributed by atoms with E-state index in [1.807, 2.05) is 0 Å². The highest BCUT2D eigenvalue weighted by atomic mass is 79.9. The Hall–Kier alpha value is 0.790. The van der Waals surface area contributed by atoms with Crippen LogP contribution in [0.5, 0.6) is 0 Å². The van der Waals surface area contributed by atoms with Crippen molar-refractivity contribution in [3.05, 3.63) is 0 Å². The van der Waals surface area contributed by atoms with Gasteiger partial charge in [0.1, 0.15) is 0 Å². The molecule has 0 bridgehead atoms. The maximum absolute atomic E-state index is 3.68. The molecule has 0 amide bonds. The van der Waals surface area contributed by atoms with Crippen LogP contribution in [0.1, 0.15) is 34.6 Å². The molecule has 1 fully saturated rings. The molecule has 0 aromatic heterocycles. The largest absolute Gasteiger partial charge is 0.301 e. The molecule has 0 aromatic rings. The molecule has 1 rings (SSSR count). The summed E-state index contributed by atoms with van der Waals surface area (Å²) in [4.78, 5) is 2.65. The molecular weight excluding hydrogens is 282 g/mol. The predicted octanol–water partition coefficient (Wildman–Crippen LogP) is 3.87. The number of hydrogen-bond donors (Lipinski definition) is 0. The fraction of sp³-hybridized carbons (Fsp3) is 1.00. The summed E-state index contributed by atoms with van der Waals surface area (Å²) in [6, 6.07) is 0. The molecule has 1 saturated heterocycles. The zero-order chi connectivity index (χ0) is 12.4. The molecule has 0 spiro atoms. The van der Waals surface area contributed by atoms with Gasteiger partial charge in [-0.1, -0.05) is 36.7 Å². The van der Waals surface area contributed by atoms with Gasteiger partial charge in [-0.15, -0.1) is 0 Å². The number of nitrogens with zero attached hydrogens (tertiary/aromatic N) is 1. The monoisotopic (exact) mass is 307 g/mol. The van der Waals surface area contributed by atoms with E-state index in [2.05, 4.69) is 67.2 Å². The third-order valence-corrected chi connectivity index (χ3v) is 5.47. The minimum atomic E-state index is 0.401. The Bertz CT molecular complexity index is 222. The van der Waals surface area contributed by atoms with Gasteiger partial charge in [0.15, 0.2) is 0 Å². The van der Waals surface area contributed by atoms with Crippen LogP contribution in [0.3, 0.4) is 0 Å². The molecule has 1 nitrogen and oxygen atoms in total. The van der Waals surface area contributed by atoms with Crippen molar-refractivity contribution in [3.63, 3.8) is 0 Å². The lowest BCUT2D eigenvalue weighted by Gasteiger charge is -2.41. The summed E-state index contributed by atoms with van der Waals surface area (Å²) in [5.74, 6) is 2.03. The van der Waals surface area contributed by atoms with Gasteiger partial charge in [-0.3, -0.25) is 0 Å². The van der Waals surface area contributed by atoms with Gasteiger partial charge >= 0.3 is 0 Å². The SMILES string of the molecule is CC1(C)CN(CC(CBr)C(C)(C)C)CCS1. The van der Waals surface area contributed by atoms with E-state index in [0.29, 0.717) is 10.2 Å². The van der Waals surface area contributed by atoms with E-state index in [1.165, 1.54) is 25.4 Å². The highest BCUT2D eigenvalue weighted by Gasteiger charge is 2.31. The van der Waals surface area contributed by atoms with Crippen molar-refractivity contribution < 1.29 is 0 Å². The Morgan fingerprint density at radius 2 is 2.00 bits per heavy atom. The van der Waals surface area contributed by atoms with Gasteiger partial charge in [-0.25, -0.2) is 0 Å². The summed E-state index contributed by atoms with van der Waals surface area (Å²) < 4.78 is 0.437. The maximum atomic E-state index is 3.68. The van der Waals surface area contributed by atoms with Crippen LogP contribution in [0.15, 0.2) is 0 Å². The van der Waals surface area contributed by atoms with E-state index < -0.39 is 0 Å². The average molecular weight is 308 g/mol. The summed E-state index contributed by atoms with van der Waals surface area (Å²) in [6.45, 7) is 15.5. The molecular formula is C13H26BrNS. The van der Waals surface area contributed by atoms with E-state index in [1.54, 1.807) is 0 Å². The third-order valence-electron chi connectivity index (χ3n) is 3.39. The normalized spacial score (nSPS) is 24.4. The molecule has 96 valence electrons. The van der Waals surface area contributed by atoms with E-state index in [9.17, 15) is 0 Å². The molecule has 16 heavy (non-hydrogen) atoms. The second kappa shape index (κ2) is 5.62. The van der Waals surface area contributed by atoms with E-state index >= 15 is 0 Å². The van der Waals surface area contributed by atoms with Gasteiger partial charge in [0.2, 0.25) is 0 Å². The lowest BCUT2D eigenvalue weighted by Crippen LogP contribution is -2.47. The number of hydrogen-bond acceptors (Lipinski definition) is 2. The van der Waals surface area contributed by atoms with Crippen LogP contribution in [0.2, 0.25) is 0 Å². The number of rotatable bonds is 3. The van der Waals surface area contributed by atoms with Crippen LogP contribution in [-0.2, 0) is 0 Å². The lowest BCUT2D eigenvalue weighted by atomic mass is 9.81. The van der Waals surface area contributed by atoms with E-state index in [4.69, 9.17) is 0 Å². The molecule has 0 radical (unpaired) electrons. The Balaban J connectivity index is 2.52. The highest BCUT2D eigenvalue weighted by molar-refractivity contribution is 9.09. The highest BCUT2D eigenvalue weighted by Crippen LogP contribution is 2.33. The minimum absolute atomic E-state index is 0.401. The van der Waals surface area contributed by atoms with Gasteiger partial charge in [-0.2, -0.15) is 11.8 Å². The molecule has 0 N–H and O–H groups in total. The summed E-state index contributed by atoms with van der Waals surface area (Å²) in [5, 5.41) is 1.11. The van der Waals surface area contributed by atoms with Crippen LogP contribution >= 0.6 is 27.7 Å². The van der Waals surface area contributed by atoms with Gasteiger partial charge in [0.05, 0.1) is 0 Å². The Morgan fingerprint density at radius 3 is 2.44 bits per heavy atom. The first-order chi connectivity index (χ1) is 7.24. The number of alkyl halides is 1. The average Bonchev–Trinajstić information content (AvgIpc) is 2.10. The standard InChI is InChI=1S/C13H26BrNS/c1-12(2,3)11(8-14)9-15-6-7-16-13(4,5)10-15/h11H,6-10H2,1-5H3. The summed E-state index contributed by atoms with van der Waals surface area (Å²) in [7, 11) is 0. The molecule has 0 aromatic carbocycles.